The van der Waals surface area contributed by atoms with Crippen molar-refractivity contribution in [1.29, 1.82) is 0 Å². The SMILES string of the molecule is CCOC(=O)c1ccc(CCC(OC)(OC)P(=O)(OCC)OCC)s1. The minimum Gasteiger partial charge on any atom is -0.462 e. The monoisotopic (exact) mass is 394 g/mol. The van der Waals surface area contributed by atoms with Gasteiger partial charge in [-0.2, -0.15) is 0 Å². The van der Waals surface area contributed by atoms with E-state index in [1.54, 1.807) is 26.8 Å². The lowest BCUT2D eigenvalue weighted by Gasteiger charge is -2.36. The predicted octanol–water partition coefficient (Wildman–Crippen LogP) is 4.07. The van der Waals surface area contributed by atoms with Gasteiger partial charge in [-0.15, -0.1) is 11.3 Å². The fraction of sp³-hybridized carbons (Fsp3) is 0.688. The third-order valence-corrected chi connectivity index (χ3v) is 7.22. The van der Waals surface area contributed by atoms with Gasteiger partial charge in [0.2, 0.25) is 0 Å². The Morgan fingerprint density at radius 1 is 1.08 bits per heavy atom. The molecule has 0 aliphatic rings. The van der Waals surface area contributed by atoms with E-state index in [2.05, 4.69) is 0 Å². The van der Waals surface area contributed by atoms with Crippen molar-refractivity contribution in [2.24, 2.45) is 0 Å². The van der Waals surface area contributed by atoms with Gasteiger partial charge in [-0.3, -0.25) is 4.57 Å². The van der Waals surface area contributed by atoms with E-state index in [-0.39, 0.29) is 25.6 Å². The van der Waals surface area contributed by atoms with Crippen molar-refractivity contribution in [3.63, 3.8) is 0 Å². The summed E-state index contributed by atoms with van der Waals surface area (Å²) in [6.45, 7) is 5.96. The number of carbonyl (C=O) groups excluding carboxylic acids is 1. The van der Waals surface area contributed by atoms with Crippen LogP contribution < -0.4 is 0 Å². The van der Waals surface area contributed by atoms with Gasteiger partial charge in [0.15, 0.2) is 0 Å². The van der Waals surface area contributed by atoms with Crippen LogP contribution in [0.5, 0.6) is 0 Å². The van der Waals surface area contributed by atoms with Gasteiger partial charge in [-0.25, -0.2) is 4.79 Å². The minimum atomic E-state index is -3.65. The molecule has 25 heavy (non-hydrogen) atoms. The number of hydrogen-bond acceptors (Lipinski definition) is 8. The second kappa shape index (κ2) is 10.4. The summed E-state index contributed by atoms with van der Waals surface area (Å²) >= 11 is 1.32. The van der Waals surface area contributed by atoms with Crippen LogP contribution >= 0.6 is 18.9 Å². The summed E-state index contributed by atoms with van der Waals surface area (Å²) in [5.74, 6) is -0.349. The molecular weight excluding hydrogens is 367 g/mol. The van der Waals surface area contributed by atoms with E-state index in [1.165, 1.54) is 25.6 Å². The molecule has 0 saturated heterocycles. The van der Waals surface area contributed by atoms with Crippen molar-refractivity contribution >= 4 is 24.9 Å². The number of esters is 1. The molecule has 7 nitrogen and oxygen atoms in total. The highest BCUT2D eigenvalue weighted by atomic mass is 32.1. The summed E-state index contributed by atoms with van der Waals surface area (Å²) in [5.41, 5.74) is -1.51. The van der Waals surface area contributed by atoms with E-state index in [4.69, 9.17) is 23.3 Å². The number of ether oxygens (including phenoxy) is 3. The molecule has 0 bridgehead atoms. The lowest BCUT2D eigenvalue weighted by Crippen LogP contribution is -2.36. The maximum absolute atomic E-state index is 13.2. The molecule has 0 spiro atoms. The average molecular weight is 394 g/mol. The summed E-state index contributed by atoms with van der Waals surface area (Å²) in [7, 11) is -0.833. The Morgan fingerprint density at radius 3 is 2.16 bits per heavy atom. The van der Waals surface area contributed by atoms with Gasteiger partial charge in [-0.05, 0) is 39.3 Å². The summed E-state index contributed by atoms with van der Waals surface area (Å²) in [4.78, 5) is 13.2. The molecule has 0 aliphatic heterocycles. The highest BCUT2D eigenvalue weighted by Gasteiger charge is 2.52. The minimum absolute atomic E-state index is 0.206. The van der Waals surface area contributed by atoms with Crippen LogP contribution in [0, 0.1) is 0 Å². The first kappa shape index (κ1) is 22.3. The van der Waals surface area contributed by atoms with E-state index in [9.17, 15) is 9.36 Å². The maximum Gasteiger partial charge on any atom is 0.389 e. The Bertz CT molecular complexity index is 573. The van der Waals surface area contributed by atoms with E-state index >= 15 is 0 Å². The molecule has 0 amide bonds. The van der Waals surface area contributed by atoms with E-state index < -0.39 is 13.1 Å². The van der Waals surface area contributed by atoms with Crippen LogP contribution in [-0.2, 0) is 34.2 Å². The van der Waals surface area contributed by atoms with Crippen LogP contribution in [0.3, 0.4) is 0 Å². The van der Waals surface area contributed by atoms with Gasteiger partial charge in [0, 0.05) is 25.5 Å². The average Bonchev–Trinajstić information content (AvgIpc) is 3.06. The van der Waals surface area contributed by atoms with Crippen molar-refractivity contribution in [3.8, 4) is 0 Å². The number of aryl methyl sites for hydroxylation is 1. The Balaban J connectivity index is 2.94. The van der Waals surface area contributed by atoms with Crippen molar-refractivity contribution in [2.45, 2.75) is 39.1 Å². The lowest BCUT2D eigenvalue weighted by molar-refractivity contribution is -0.163. The quantitative estimate of drug-likeness (QED) is 0.300. The number of rotatable bonds is 12. The van der Waals surface area contributed by atoms with E-state index in [0.29, 0.717) is 17.9 Å². The summed E-state index contributed by atoms with van der Waals surface area (Å²) in [6.07, 6.45) is 0.732. The van der Waals surface area contributed by atoms with E-state index in [0.717, 1.165) is 4.88 Å². The van der Waals surface area contributed by atoms with Gasteiger partial charge in [0.1, 0.15) is 4.88 Å². The van der Waals surface area contributed by atoms with Crippen LogP contribution in [0.25, 0.3) is 0 Å². The summed E-state index contributed by atoms with van der Waals surface area (Å²) in [5, 5.41) is 0. The normalized spacial score (nSPS) is 12.4. The van der Waals surface area contributed by atoms with Crippen LogP contribution in [0.4, 0.5) is 0 Å². The largest absolute Gasteiger partial charge is 0.462 e. The summed E-state index contributed by atoms with van der Waals surface area (Å²) < 4.78 is 39.8. The highest BCUT2D eigenvalue weighted by molar-refractivity contribution is 7.55. The Hall–Kier alpha value is -0.760. The zero-order valence-corrected chi connectivity index (χ0v) is 17.1. The standard InChI is InChI=1S/C16H27O7PS/c1-6-21-15(17)14-10-9-13(25-14)11-12-16(19-4,20-5)24(18,22-7-2)23-8-3/h9-10H,6-8,11-12H2,1-5H3. The molecular formula is C16H27O7PS. The van der Waals surface area contributed by atoms with Crippen molar-refractivity contribution in [2.75, 3.05) is 34.0 Å². The molecule has 0 atom stereocenters. The first-order valence-electron chi connectivity index (χ1n) is 8.17. The highest BCUT2D eigenvalue weighted by Crippen LogP contribution is 2.62. The molecule has 0 radical (unpaired) electrons. The van der Waals surface area contributed by atoms with Crippen LogP contribution in [0.1, 0.15) is 41.7 Å². The predicted molar refractivity (Wildman–Crippen MR) is 96.2 cm³/mol. The summed E-state index contributed by atoms with van der Waals surface area (Å²) in [6, 6.07) is 3.54. The molecule has 1 aromatic rings. The van der Waals surface area contributed by atoms with Crippen LogP contribution in [-0.4, -0.2) is 45.5 Å². The molecule has 0 unspecified atom stereocenters. The number of carbonyl (C=O) groups is 1. The zero-order valence-electron chi connectivity index (χ0n) is 15.4. The van der Waals surface area contributed by atoms with Gasteiger partial charge < -0.3 is 23.3 Å². The third kappa shape index (κ3) is 5.36. The van der Waals surface area contributed by atoms with Gasteiger partial charge in [0.05, 0.1) is 19.8 Å². The van der Waals surface area contributed by atoms with E-state index in [1.807, 2.05) is 6.07 Å². The second-order valence-electron chi connectivity index (χ2n) is 4.94. The Morgan fingerprint density at radius 2 is 1.68 bits per heavy atom. The fourth-order valence-electron chi connectivity index (χ4n) is 2.33. The number of thiophene rings is 1. The van der Waals surface area contributed by atoms with Gasteiger partial charge in [0.25, 0.3) is 5.53 Å². The van der Waals surface area contributed by atoms with Crippen molar-refractivity contribution in [3.05, 3.63) is 21.9 Å². The number of hydrogen-bond donors (Lipinski definition) is 0. The Kier molecular flexibility index (Phi) is 9.27. The van der Waals surface area contributed by atoms with Gasteiger partial charge in [-0.1, -0.05) is 0 Å². The van der Waals surface area contributed by atoms with Crippen LogP contribution in [0.2, 0.25) is 0 Å². The van der Waals surface area contributed by atoms with Crippen molar-refractivity contribution in [1.82, 2.24) is 0 Å². The van der Waals surface area contributed by atoms with Crippen LogP contribution in [0.15, 0.2) is 12.1 Å². The second-order valence-corrected chi connectivity index (χ2v) is 8.30. The van der Waals surface area contributed by atoms with Gasteiger partial charge >= 0.3 is 13.6 Å². The molecule has 144 valence electrons. The maximum atomic E-state index is 13.2. The smallest absolute Gasteiger partial charge is 0.389 e. The number of methoxy groups -OCH3 is 2. The molecule has 1 rings (SSSR count). The molecule has 1 aromatic heterocycles. The van der Waals surface area contributed by atoms with Crippen molar-refractivity contribution < 1.29 is 32.6 Å². The molecule has 0 fully saturated rings. The molecule has 0 aromatic carbocycles. The Labute approximate surface area is 153 Å². The fourth-order valence-corrected chi connectivity index (χ4v) is 5.21. The first-order chi connectivity index (χ1) is 11.9. The molecule has 9 heteroatoms. The topological polar surface area (TPSA) is 80.3 Å². The first-order valence-corrected chi connectivity index (χ1v) is 10.5. The molecule has 1 heterocycles. The molecule has 0 saturated carbocycles. The third-order valence-electron chi connectivity index (χ3n) is 3.48. The molecule has 0 N–H and O–H groups in total. The zero-order chi connectivity index (χ0) is 18.9. The lowest BCUT2D eigenvalue weighted by atomic mass is 10.2. The molecule has 0 aliphatic carbocycles.